The Morgan fingerprint density at radius 2 is 1.84 bits per heavy atom. The molecule has 2 aliphatic rings. The molecule has 0 aromatic heterocycles. The van der Waals surface area contributed by atoms with Crippen LogP contribution in [0.25, 0.3) is 0 Å². The molecule has 1 saturated heterocycles. The normalized spacial score (nSPS) is 19.7. The first-order valence-corrected chi connectivity index (χ1v) is 6.66. The van der Waals surface area contributed by atoms with E-state index in [1.807, 2.05) is 11.9 Å². The van der Waals surface area contributed by atoms with Gasteiger partial charge in [0.1, 0.15) is 0 Å². The summed E-state index contributed by atoms with van der Waals surface area (Å²) in [5.74, 6) is -0.228. The Hall–Kier alpha value is -0.850. The van der Waals surface area contributed by atoms with Gasteiger partial charge in [-0.05, 0) is 45.8 Å². The van der Waals surface area contributed by atoms with Crippen molar-refractivity contribution in [1.29, 1.82) is 0 Å². The Kier molecular flexibility index (Phi) is 6.54. The van der Waals surface area contributed by atoms with Crippen LogP contribution >= 0.6 is 12.4 Å². The average molecular weight is 291 g/mol. The van der Waals surface area contributed by atoms with Gasteiger partial charge in [0, 0.05) is 12.1 Å². The molecule has 1 heterocycles. The van der Waals surface area contributed by atoms with Crippen molar-refractivity contribution in [3.05, 3.63) is 0 Å². The second-order valence-corrected chi connectivity index (χ2v) is 5.19. The first kappa shape index (κ1) is 16.2. The third kappa shape index (κ3) is 5.76. The summed E-state index contributed by atoms with van der Waals surface area (Å²) in [7, 11) is 1.94. The van der Waals surface area contributed by atoms with Gasteiger partial charge in [-0.2, -0.15) is 0 Å². The first-order valence-electron chi connectivity index (χ1n) is 6.66. The van der Waals surface area contributed by atoms with E-state index < -0.39 is 0 Å². The molecule has 0 spiro atoms. The van der Waals surface area contributed by atoms with E-state index in [1.54, 1.807) is 0 Å². The second-order valence-electron chi connectivity index (χ2n) is 5.19. The molecule has 0 unspecified atom stereocenters. The number of hydrogen-bond acceptors (Lipinski definition) is 4. The lowest BCUT2D eigenvalue weighted by Crippen LogP contribution is -2.48. The van der Waals surface area contributed by atoms with Gasteiger partial charge in [0.25, 0.3) is 0 Å². The Morgan fingerprint density at radius 1 is 1.21 bits per heavy atom. The molecule has 3 amide bonds. The summed E-state index contributed by atoms with van der Waals surface area (Å²) in [4.78, 5) is 25.1. The topological polar surface area (TPSA) is 73.5 Å². The number of urea groups is 1. The van der Waals surface area contributed by atoms with Crippen LogP contribution in [0.2, 0.25) is 0 Å². The molecule has 19 heavy (non-hydrogen) atoms. The van der Waals surface area contributed by atoms with Crippen molar-refractivity contribution < 1.29 is 9.59 Å². The minimum absolute atomic E-state index is 0. The Bertz CT molecular complexity index is 317. The quantitative estimate of drug-likeness (QED) is 0.686. The maximum Gasteiger partial charge on any atom is 0.321 e. The van der Waals surface area contributed by atoms with E-state index in [0.717, 1.165) is 38.8 Å². The summed E-state index contributed by atoms with van der Waals surface area (Å²) in [6, 6.07) is 0.352. The van der Waals surface area contributed by atoms with Crippen LogP contribution in [0.5, 0.6) is 0 Å². The summed E-state index contributed by atoms with van der Waals surface area (Å²) >= 11 is 0. The Labute approximate surface area is 120 Å². The summed E-state index contributed by atoms with van der Waals surface area (Å²) in [5.41, 5.74) is 0. The fraction of sp³-hybridized carbons (Fsp3) is 0.833. The molecule has 6 nitrogen and oxygen atoms in total. The van der Waals surface area contributed by atoms with E-state index in [9.17, 15) is 9.59 Å². The summed E-state index contributed by atoms with van der Waals surface area (Å²) < 4.78 is 0. The highest BCUT2D eigenvalue weighted by Crippen LogP contribution is 2.18. The molecule has 110 valence electrons. The third-order valence-electron chi connectivity index (χ3n) is 3.49. The van der Waals surface area contributed by atoms with Crippen molar-refractivity contribution in [3.8, 4) is 0 Å². The lowest BCUT2D eigenvalue weighted by Gasteiger charge is -2.30. The highest BCUT2D eigenvalue weighted by atomic mass is 35.5. The number of imide groups is 1. The maximum atomic E-state index is 11.7. The van der Waals surface area contributed by atoms with E-state index in [2.05, 4.69) is 16.0 Å². The fourth-order valence-corrected chi connectivity index (χ4v) is 2.22. The van der Waals surface area contributed by atoms with Gasteiger partial charge in [0.15, 0.2) is 0 Å². The van der Waals surface area contributed by atoms with Crippen molar-refractivity contribution in [3.63, 3.8) is 0 Å². The molecule has 0 atom stereocenters. The molecule has 7 heteroatoms. The molecule has 3 N–H and O–H groups in total. The molecule has 1 aliphatic heterocycles. The van der Waals surface area contributed by atoms with Crippen LogP contribution in [0.1, 0.15) is 25.7 Å². The van der Waals surface area contributed by atoms with Crippen LogP contribution in [-0.4, -0.2) is 55.6 Å². The van der Waals surface area contributed by atoms with Crippen molar-refractivity contribution in [2.45, 2.75) is 37.8 Å². The minimum atomic E-state index is -0.360. The van der Waals surface area contributed by atoms with Crippen LogP contribution in [0.4, 0.5) is 4.79 Å². The van der Waals surface area contributed by atoms with Gasteiger partial charge >= 0.3 is 6.03 Å². The number of halogens is 1. The molecule has 0 aromatic rings. The first-order chi connectivity index (χ1) is 8.65. The van der Waals surface area contributed by atoms with Gasteiger partial charge in [-0.3, -0.25) is 15.0 Å². The van der Waals surface area contributed by atoms with Gasteiger partial charge in [-0.15, -0.1) is 12.4 Å². The number of amides is 3. The van der Waals surface area contributed by atoms with E-state index >= 15 is 0 Å². The average Bonchev–Trinajstić information content (AvgIpc) is 3.13. The highest BCUT2D eigenvalue weighted by Gasteiger charge is 2.25. The van der Waals surface area contributed by atoms with Gasteiger partial charge in [0.2, 0.25) is 5.91 Å². The summed E-state index contributed by atoms with van der Waals surface area (Å²) in [5, 5.41) is 8.41. The molecular formula is C12H23ClN4O2. The zero-order valence-corrected chi connectivity index (χ0v) is 12.1. The SMILES string of the molecule is CN(CC(=O)NC(=O)NC1CC1)C1CCNCC1.Cl. The zero-order chi connectivity index (χ0) is 13.0. The van der Waals surface area contributed by atoms with Crippen LogP contribution in [0, 0.1) is 0 Å². The monoisotopic (exact) mass is 290 g/mol. The maximum absolute atomic E-state index is 11.7. The number of piperidine rings is 1. The van der Waals surface area contributed by atoms with Crippen molar-refractivity contribution in [1.82, 2.24) is 20.9 Å². The van der Waals surface area contributed by atoms with Gasteiger partial charge in [-0.25, -0.2) is 4.79 Å². The Morgan fingerprint density at radius 3 is 2.42 bits per heavy atom. The fourth-order valence-electron chi connectivity index (χ4n) is 2.22. The number of hydrogen-bond donors (Lipinski definition) is 3. The predicted octanol–water partition coefficient (Wildman–Crippen LogP) is 0.0802. The number of likely N-dealkylation sites (N-methyl/N-ethyl adjacent to an activating group) is 1. The molecule has 2 fully saturated rings. The van der Waals surface area contributed by atoms with Crippen LogP contribution in [0.15, 0.2) is 0 Å². The molecule has 0 bridgehead atoms. The molecular weight excluding hydrogens is 268 g/mol. The standard InChI is InChI=1S/C12H22N4O2.ClH/c1-16(10-4-6-13-7-5-10)8-11(17)15-12(18)14-9-2-3-9;/h9-10,13H,2-8H2,1H3,(H2,14,15,17,18);1H. The smallest absolute Gasteiger partial charge is 0.321 e. The van der Waals surface area contributed by atoms with E-state index in [0.29, 0.717) is 6.04 Å². The number of nitrogens with zero attached hydrogens (tertiary/aromatic N) is 1. The van der Waals surface area contributed by atoms with E-state index in [-0.39, 0.29) is 36.9 Å². The lowest BCUT2D eigenvalue weighted by molar-refractivity contribution is -0.121. The molecule has 0 radical (unpaired) electrons. The molecule has 2 rings (SSSR count). The molecule has 1 saturated carbocycles. The number of carbonyl (C=O) groups is 2. The van der Waals surface area contributed by atoms with Gasteiger partial charge < -0.3 is 10.6 Å². The number of nitrogens with one attached hydrogen (secondary N) is 3. The van der Waals surface area contributed by atoms with E-state index in [4.69, 9.17) is 0 Å². The third-order valence-corrected chi connectivity index (χ3v) is 3.49. The largest absolute Gasteiger partial charge is 0.335 e. The molecule has 0 aromatic carbocycles. The predicted molar refractivity (Wildman–Crippen MR) is 75.5 cm³/mol. The minimum Gasteiger partial charge on any atom is -0.335 e. The second kappa shape index (κ2) is 7.67. The zero-order valence-electron chi connectivity index (χ0n) is 11.3. The van der Waals surface area contributed by atoms with Crippen molar-refractivity contribution in [2.24, 2.45) is 0 Å². The lowest BCUT2D eigenvalue weighted by atomic mass is 10.1. The van der Waals surface area contributed by atoms with E-state index in [1.165, 1.54) is 0 Å². The highest BCUT2D eigenvalue weighted by molar-refractivity contribution is 5.95. The Balaban J connectivity index is 0.00000180. The van der Waals surface area contributed by atoms with Crippen molar-refractivity contribution >= 4 is 24.3 Å². The van der Waals surface area contributed by atoms with Gasteiger partial charge in [-0.1, -0.05) is 0 Å². The number of rotatable bonds is 4. The summed E-state index contributed by atoms with van der Waals surface area (Å²) in [6.07, 6.45) is 4.16. The molecule has 1 aliphatic carbocycles. The van der Waals surface area contributed by atoms with Crippen LogP contribution in [-0.2, 0) is 4.79 Å². The van der Waals surface area contributed by atoms with Crippen LogP contribution < -0.4 is 16.0 Å². The summed E-state index contributed by atoms with van der Waals surface area (Å²) in [6.45, 7) is 2.28. The number of carbonyl (C=O) groups excluding carboxylic acids is 2. The van der Waals surface area contributed by atoms with Crippen molar-refractivity contribution in [2.75, 3.05) is 26.7 Å². The van der Waals surface area contributed by atoms with Crippen LogP contribution in [0.3, 0.4) is 0 Å². The van der Waals surface area contributed by atoms with Gasteiger partial charge in [0.05, 0.1) is 6.54 Å².